The number of nitriles is 1. The van der Waals surface area contributed by atoms with E-state index in [-0.39, 0.29) is 12.2 Å². The standard InChI is InChI=1S/C12H13NO2/c1-9-5-3-4-6-11(9)12(15,8-13)7-10(2)14/h3-6,15H,7H2,1-2H3. The highest BCUT2D eigenvalue weighted by Gasteiger charge is 2.31. The predicted molar refractivity (Wildman–Crippen MR) is 56.0 cm³/mol. The van der Waals surface area contributed by atoms with E-state index in [4.69, 9.17) is 5.26 Å². The predicted octanol–water partition coefficient (Wildman–Crippen LogP) is 1.69. The van der Waals surface area contributed by atoms with E-state index in [1.807, 2.05) is 6.07 Å². The molecule has 0 saturated heterocycles. The van der Waals surface area contributed by atoms with Crippen molar-refractivity contribution < 1.29 is 9.90 Å². The summed E-state index contributed by atoms with van der Waals surface area (Å²) >= 11 is 0. The van der Waals surface area contributed by atoms with Gasteiger partial charge in [0.05, 0.1) is 6.42 Å². The summed E-state index contributed by atoms with van der Waals surface area (Å²) in [6, 6.07) is 8.84. The summed E-state index contributed by atoms with van der Waals surface area (Å²) in [4.78, 5) is 11.0. The van der Waals surface area contributed by atoms with Crippen LogP contribution in [0.25, 0.3) is 0 Å². The van der Waals surface area contributed by atoms with Gasteiger partial charge in [-0.25, -0.2) is 0 Å². The lowest BCUT2D eigenvalue weighted by atomic mass is 9.87. The van der Waals surface area contributed by atoms with Gasteiger partial charge in [-0.05, 0) is 19.4 Å². The summed E-state index contributed by atoms with van der Waals surface area (Å²) in [6.07, 6.45) is -0.172. The number of carbonyl (C=O) groups excluding carboxylic acids is 1. The van der Waals surface area contributed by atoms with E-state index in [0.717, 1.165) is 5.56 Å². The van der Waals surface area contributed by atoms with Crippen molar-refractivity contribution in [2.45, 2.75) is 25.9 Å². The van der Waals surface area contributed by atoms with Crippen LogP contribution in [0, 0.1) is 18.3 Å². The van der Waals surface area contributed by atoms with Gasteiger partial charge in [-0.3, -0.25) is 4.79 Å². The fraction of sp³-hybridized carbons (Fsp3) is 0.333. The number of aliphatic hydroxyl groups is 1. The molecule has 15 heavy (non-hydrogen) atoms. The monoisotopic (exact) mass is 203 g/mol. The van der Waals surface area contributed by atoms with Crippen LogP contribution in [0.1, 0.15) is 24.5 Å². The summed E-state index contributed by atoms with van der Waals surface area (Å²) in [7, 11) is 0. The topological polar surface area (TPSA) is 61.1 Å². The summed E-state index contributed by atoms with van der Waals surface area (Å²) in [5.41, 5.74) is -0.387. The number of Topliss-reactive ketones (excluding diaryl/α,β-unsaturated/α-hetero) is 1. The lowest BCUT2D eigenvalue weighted by Gasteiger charge is -2.21. The van der Waals surface area contributed by atoms with Crippen molar-refractivity contribution in [1.29, 1.82) is 5.26 Å². The van der Waals surface area contributed by atoms with Crippen LogP contribution in [-0.4, -0.2) is 10.9 Å². The van der Waals surface area contributed by atoms with Gasteiger partial charge in [-0.1, -0.05) is 24.3 Å². The average molecular weight is 203 g/mol. The molecule has 1 atom stereocenters. The average Bonchev–Trinajstić information content (AvgIpc) is 2.17. The summed E-state index contributed by atoms with van der Waals surface area (Å²) < 4.78 is 0. The first-order chi connectivity index (χ1) is 6.99. The van der Waals surface area contributed by atoms with Crippen molar-refractivity contribution in [3.8, 4) is 6.07 Å². The van der Waals surface area contributed by atoms with Crippen LogP contribution in [0.15, 0.2) is 24.3 Å². The Morgan fingerprint density at radius 2 is 2.13 bits per heavy atom. The van der Waals surface area contributed by atoms with Gasteiger partial charge in [0.2, 0.25) is 0 Å². The second kappa shape index (κ2) is 4.24. The molecule has 78 valence electrons. The molecule has 3 nitrogen and oxygen atoms in total. The SMILES string of the molecule is CC(=O)CC(O)(C#N)c1ccccc1C. The van der Waals surface area contributed by atoms with Crippen molar-refractivity contribution >= 4 is 5.78 Å². The van der Waals surface area contributed by atoms with Crippen LogP contribution in [0.3, 0.4) is 0 Å². The number of benzene rings is 1. The van der Waals surface area contributed by atoms with E-state index < -0.39 is 5.60 Å². The maximum Gasteiger partial charge on any atom is 0.183 e. The van der Waals surface area contributed by atoms with Crippen molar-refractivity contribution in [2.24, 2.45) is 0 Å². The molecule has 0 fully saturated rings. The van der Waals surface area contributed by atoms with Crippen LogP contribution in [0.5, 0.6) is 0 Å². The fourth-order valence-electron chi connectivity index (χ4n) is 1.59. The molecule has 0 radical (unpaired) electrons. The number of ketones is 1. The normalized spacial score (nSPS) is 14.0. The first-order valence-electron chi connectivity index (χ1n) is 4.69. The minimum Gasteiger partial charge on any atom is -0.371 e. The maximum absolute atomic E-state index is 11.0. The smallest absolute Gasteiger partial charge is 0.183 e. The molecule has 0 aromatic heterocycles. The number of hydrogen-bond donors (Lipinski definition) is 1. The fourth-order valence-corrected chi connectivity index (χ4v) is 1.59. The molecular weight excluding hydrogens is 190 g/mol. The molecule has 1 N–H and O–H groups in total. The van der Waals surface area contributed by atoms with Crippen molar-refractivity contribution in [3.63, 3.8) is 0 Å². The van der Waals surface area contributed by atoms with Gasteiger partial charge in [0.15, 0.2) is 5.60 Å². The Labute approximate surface area is 89.0 Å². The Morgan fingerprint density at radius 1 is 1.53 bits per heavy atom. The number of carbonyl (C=O) groups is 1. The second-order valence-electron chi connectivity index (χ2n) is 3.67. The number of aryl methyl sites for hydroxylation is 1. The Kier molecular flexibility index (Phi) is 3.23. The van der Waals surface area contributed by atoms with Crippen molar-refractivity contribution in [1.82, 2.24) is 0 Å². The van der Waals surface area contributed by atoms with Crippen LogP contribution >= 0.6 is 0 Å². The third-order valence-electron chi connectivity index (χ3n) is 2.28. The zero-order valence-corrected chi connectivity index (χ0v) is 8.82. The Morgan fingerprint density at radius 3 is 2.60 bits per heavy atom. The lowest BCUT2D eigenvalue weighted by Crippen LogP contribution is -2.27. The molecule has 3 heteroatoms. The highest BCUT2D eigenvalue weighted by molar-refractivity contribution is 5.77. The number of rotatable bonds is 3. The lowest BCUT2D eigenvalue weighted by molar-refractivity contribution is -0.120. The Bertz CT molecular complexity index is 420. The molecule has 0 amide bonds. The second-order valence-corrected chi connectivity index (χ2v) is 3.67. The minimum absolute atomic E-state index is 0.172. The van der Waals surface area contributed by atoms with E-state index in [2.05, 4.69) is 0 Å². The zero-order valence-electron chi connectivity index (χ0n) is 8.82. The highest BCUT2D eigenvalue weighted by atomic mass is 16.3. The minimum atomic E-state index is -1.70. The first kappa shape index (κ1) is 11.4. The Balaban J connectivity index is 3.18. The third kappa shape index (κ3) is 2.42. The molecule has 1 unspecified atom stereocenters. The molecule has 0 heterocycles. The van der Waals surface area contributed by atoms with Gasteiger partial charge < -0.3 is 5.11 Å². The van der Waals surface area contributed by atoms with E-state index in [9.17, 15) is 9.90 Å². The number of nitrogens with zero attached hydrogens (tertiary/aromatic N) is 1. The van der Waals surface area contributed by atoms with Gasteiger partial charge in [-0.2, -0.15) is 5.26 Å². The van der Waals surface area contributed by atoms with Gasteiger partial charge >= 0.3 is 0 Å². The quantitative estimate of drug-likeness (QED) is 0.760. The summed E-state index contributed by atoms with van der Waals surface area (Å²) in [6.45, 7) is 3.17. The molecule has 0 aliphatic carbocycles. The van der Waals surface area contributed by atoms with Crippen LogP contribution in [0.4, 0.5) is 0 Å². The van der Waals surface area contributed by atoms with Gasteiger partial charge in [0.1, 0.15) is 11.9 Å². The van der Waals surface area contributed by atoms with E-state index in [1.165, 1.54) is 6.92 Å². The van der Waals surface area contributed by atoms with Crippen molar-refractivity contribution in [3.05, 3.63) is 35.4 Å². The van der Waals surface area contributed by atoms with E-state index >= 15 is 0 Å². The molecule has 1 aromatic rings. The van der Waals surface area contributed by atoms with Gasteiger partial charge in [-0.15, -0.1) is 0 Å². The number of hydrogen-bond acceptors (Lipinski definition) is 3. The molecule has 0 bridgehead atoms. The van der Waals surface area contributed by atoms with Gasteiger partial charge in [0.25, 0.3) is 0 Å². The highest BCUT2D eigenvalue weighted by Crippen LogP contribution is 2.27. The molecular formula is C12H13NO2. The molecule has 1 aromatic carbocycles. The maximum atomic E-state index is 11.0. The third-order valence-corrected chi connectivity index (χ3v) is 2.28. The molecule has 0 saturated carbocycles. The molecule has 0 spiro atoms. The largest absolute Gasteiger partial charge is 0.371 e. The Hall–Kier alpha value is -1.66. The van der Waals surface area contributed by atoms with E-state index in [1.54, 1.807) is 31.2 Å². The van der Waals surface area contributed by atoms with Crippen LogP contribution < -0.4 is 0 Å². The summed E-state index contributed by atoms with van der Waals surface area (Å²) in [5, 5.41) is 19.0. The summed E-state index contributed by atoms with van der Waals surface area (Å²) in [5.74, 6) is -0.206. The molecule has 0 aliphatic rings. The van der Waals surface area contributed by atoms with E-state index in [0.29, 0.717) is 5.56 Å². The first-order valence-corrected chi connectivity index (χ1v) is 4.69. The zero-order chi connectivity index (χ0) is 11.5. The molecule has 1 rings (SSSR count). The molecule has 0 aliphatic heterocycles. The van der Waals surface area contributed by atoms with Gasteiger partial charge in [0, 0.05) is 5.56 Å². The van der Waals surface area contributed by atoms with Crippen LogP contribution in [0.2, 0.25) is 0 Å². The van der Waals surface area contributed by atoms with Crippen LogP contribution in [-0.2, 0) is 10.4 Å². The van der Waals surface area contributed by atoms with Crippen molar-refractivity contribution in [2.75, 3.05) is 0 Å².